The van der Waals surface area contributed by atoms with Crippen molar-refractivity contribution in [1.29, 1.82) is 0 Å². The third-order valence-corrected chi connectivity index (χ3v) is 2.51. The summed E-state index contributed by atoms with van der Waals surface area (Å²) in [6, 6.07) is -0.0381. The maximum Gasteiger partial charge on any atom is 0.260 e. The number of nitrogens with one attached hydrogen (secondary N) is 1. The van der Waals surface area contributed by atoms with Gasteiger partial charge in [-0.1, -0.05) is 13.8 Å². The molecule has 2 nitrogen and oxygen atoms in total. The molecule has 4 heteroatoms. The molecule has 1 fully saturated rings. The minimum Gasteiger partial charge on any atom is -0.353 e. The van der Waals surface area contributed by atoms with E-state index in [9.17, 15) is 13.6 Å². The van der Waals surface area contributed by atoms with Gasteiger partial charge in [-0.25, -0.2) is 8.78 Å². The largest absolute Gasteiger partial charge is 0.353 e. The molecule has 1 aliphatic rings. The smallest absolute Gasteiger partial charge is 0.260 e. The van der Waals surface area contributed by atoms with E-state index in [1.54, 1.807) is 0 Å². The Labute approximate surface area is 76.7 Å². The highest BCUT2D eigenvalue weighted by molar-refractivity contribution is 5.83. The van der Waals surface area contributed by atoms with Gasteiger partial charge in [0.1, 0.15) is 5.92 Å². The summed E-state index contributed by atoms with van der Waals surface area (Å²) in [7, 11) is 0. The van der Waals surface area contributed by atoms with Crippen molar-refractivity contribution in [2.24, 2.45) is 11.8 Å². The molecular weight excluding hydrogens is 176 g/mol. The second-order valence-electron chi connectivity index (χ2n) is 4.06. The van der Waals surface area contributed by atoms with Gasteiger partial charge in [-0.2, -0.15) is 0 Å². The van der Waals surface area contributed by atoms with Crippen molar-refractivity contribution in [3.05, 3.63) is 0 Å². The molecule has 0 saturated heterocycles. The third-order valence-electron chi connectivity index (χ3n) is 2.51. The highest BCUT2D eigenvalue weighted by atomic mass is 19.3. The molecule has 0 spiro atoms. The number of carbonyl (C=O) groups is 1. The van der Waals surface area contributed by atoms with Crippen LogP contribution in [-0.4, -0.2) is 17.9 Å². The molecule has 0 bridgehead atoms. The van der Waals surface area contributed by atoms with Gasteiger partial charge >= 0.3 is 0 Å². The minimum absolute atomic E-state index is 0.0381. The monoisotopic (exact) mass is 191 g/mol. The zero-order valence-corrected chi connectivity index (χ0v) is 8.10. The van der Waals surface area contributed by atoms with Gasteiger partial charge in [0.05, 0.1) is 0 Å². The van der Waals surface area contributed by atoms with Crippen LogP contribution in [0.4, 0.5) is 8.78 Å². The van der Waals surface area contributed by atoms with E-state index in [-0.39, 0.29) is 18.4 Å². The second kappa shape index (κ2) is 3.24. The highest BCUT2D eigenvalue weighted by Gasteiger charge is 2.61. The van der Waals surface area contributed by atoms with Crippen molar-refractivity contribution in [2.45, 2.75) is 39.2 Å². The number of rotatable bonds is 3. The van der Waals surface area contributed by atoms with E-state index in [2.05, 4.69) is 5.32 Å². The Morgan fingerprint density at radius 1 is 1.46 bits per heavy atom. The lowest BCUT2D eigenvalue weighted by atomic mass is 10.1. The molecule has 0 heterocycles. The molecule has 1 saturated carbocycles. The molecule has 0 aromatic carbocycles. The van der Waals surface area contributed by atoms with Crippen molar-refractivity contribution >= 4 is 5.91 Å². The van der Waals surface area contributed by atoms with Gasteiger partial charge in [0.2, 0.25) is 5.91 Å². The van der Waals surface area contributed by atoms with E-state index in [4.69, 9.17) is 0 Å². The Morgan fingerprint density at radius 3 is 2.23 bits per heavy atom. The van der Waals surface area contributed by atoms with E-state index in [0.717, 1.165) is 0 Å². The first kappa shape index (κ1) is 10.4. The van der Waals surface area contributed by atoms with Crippen LogP contribution in [0.15, 0.2) is 0 Å². The van der Waals surface area contributed by atoms with Crippen LogP contribution in [0.3, 0.4) is 0 Å². The molecule has 0 radical (unpaired) electrons. The third kappa shape index (κ3) is 2.39. The lowest BCUT2D eigenvalue weighted by Crippen LogP contribution is -2.38. The molecule has 0 aromatic heterocycles. The number of carbonyl (C=O) groups excluding carboxylic acids is 1. The molecule has 1 aliphatic carbocycles. The molecule has 0 aliphatic heterocycles. The van der Waals surface area contributed by atoms with Crippen LogP contribution in [0, 0.1) is 11.8 Å². The predicted molar refractivity (Wildman–Crippen MR) is 45.5 cm³/mol. The van der Waals surface area contributed by atoms with Crippen LogP contribution in [0.2, 0.25) is 0 Å². The van der Waals surface area contributed by atoms with E-state index in [1.165, 1.54) is 0 Å². The first-order valence-corrected chi connectivity index (χ1v) is 4.53. The maximum atomic E-state index is 12.4. The fourth-order valence-electron chi connectivity index (χ4n) is 0.989. The standard InChI is InChI=1S/C9H15F2NO/c1-5(2)6(3)12-8(13)7-4-9(7,10)11/h5-7H,4H2,1-3H3,(H,12,13). The van der Waals surface area contributed by atoms with E-state index >= 15 is 0 Å². The van der Waals surface area contributed by atoms with Crippen molar-refractivity contribution in [3.8, 4) is 0 Å². The summed E-state index contributed by atoms with van der Waals surface area (Å²) >= 11 is 0. The highest BCUT2D eigenvalue weighted by Crippen LogP contribution is 2.48. The Hall–Kier alpha value is -0.670. The fourth-order valence-corrected chi connectivity index (χ4v) is 0.989. The number of amides is 1. The topological polar surface area (TPSA) is 29.1 Å². The minimum atomic E-state index is -2.75. The Morgan fingerprint density at radius 2 is 1.92 bits per heavy atom. The summed E-state index contributed by atoms with van der Waals surface area (Å²) in [6.45, 7) is 5.70. The van der Waals surface area contributed by atoms with E-state index in [0.29, 0.717) is 0 Å². The molecule has 1 amide bonds. The number of hydrogen-bond acceptors (Lipinski definition) is 1. The van der Waals surface area contributed by atoms with Crippen molar-refractivity contribution in [2.75, 3.05) is 0 Å². The van der Waals surface area contributed by atoms with Crippen molar-refractivity contribution < 1.29 is 13.6 Å². The van der Waals surface area contributed by atoms with Crippen LogP contribution in [0.5, 0.6) is 0 Å². The lowest BCUT2D eigenvalue weighted by molar-refractivity contribution is -0.125. The average Bonchev–Trinajstić information content (AvgIpc) is 2.59. The number of alkyl halides is 2. The van der Waals surface area contributed by atoms with Gasteiger partial charge in [-0.05, 0) is 12.8 Å². The summed E-state index contributed by atoms with van der Waals surface area (Å²) in [5.41, 5.74) is 0. The SMILES string of the molecule is CC(C)C(C)NC(=O)C1CC1(F)F. The average molecular weight is 191 g/mol. The first-order chi connectivity index (χ1) is 5.84. The normalized spacial score (nSPS) is 27.1. The molecule has 2 atom stereocenters. The van der Waals surface area contributed by atoms with Crippen LogP contribution in [0.1, 0.15) is 27.2 Å². The Balaban J connectivity index is 2.35. The van der Waals surface area contributed by atoms with Crippen molar-refractivity contribution in [1.82, 2.24) is 5.32 Å². The van der Waals surface area contributed by atoms with Gasteiger partial charge in [0.15, 0.2) is 0 Å². The summed E-state index contributed by atoms with van der Waals surface area (Å²) in [5, 5.41) is 2.58. The molecule has 0 aromatic rings. The summed E-state index contributed by atoms with van der Waals surface area (Å²) < 4.78 is 24.9. The maximum absolute atomic E-state index is 12.4. The Kier molecular flexibility index (Phi) is 2.59. The van der Waals surface area contributed by atoms with Crippen LogP contribution < -0.4 is 5.32 Å². The molecule has 1 N–H and O–H groups in total. The van der Waals surface area contributed by atoms with E-state index in [1.807, 2.05) is 20.8 Å². The van der Waals surface area contributed by atoms with Gasteiger partial charge in [0, 0.05) is 12.5 Å². The van der Waals surface area contributed by atoms with Crippen LogP contribution >= 0.6 is 0 Å². The summed E-state index contributed by atoms with van der Waals surface area (Å²) in [5.74, 6) is -4.06. The van der Waals surface area contributed by atoms with Gasteiger partial charge < -0.3 is 5.32 Å². The zero-order chi connectivity index (χ0) is 10.2. The van der Waals surface area contributed by atoms with Crippen LogP contribution in [0.25, 0.3) is 0 Å². The molecule has 1 rings (SSSR count). The van der Waals surface area contributed by atoms with Gasteiger partial charge in [-0.3, -0.25) is 4.79 Å². The van der Waals surface area contributed by atoms with Crippen LogP contribution in [-0.2, 0) is 4.79 Å². The fraction of sp³-hybridized carbons (Fsp3) is 0.889. The van der Waals surface area contributed by atoms with Gasteiger partial charge in [-0.15, -0.1) is 0 Å². The number of hydrogen-bond donors (Lipinski definition) is 1. The van der Waals surface area contributed by atoms with E-state index < -0.39 is 17.7 Å². The molecular formula is C9H15F2NO. The lowest BCUT2D eigenvalue weighted by Gasteiger charge is -2.17. The van der Waals surface area contributed by atoms with Gasteiger partial charge in [0.25, 0.3) is 5.92 Å². The Bertz CT molecular complexity index is 216. The predicted octanol–water partition coefficient (Wildman–Crippen LogP) is 1.80. The molecule has 76 valence electrons. The summed E-state index contributed by atoms with van der Waals surface area (Å²) in [6.07, 6.45) is -0.288. The number of halogens is 2. The quantitative estimate of drug-likeness (QED) is 0.724. The first-order valence-electron chi connectivity index (χ1n) is 4.53. The second-order valence-corrected chi connectivity index (χ2v) is 4.06. The molecule has 2 unspecified atom stereocenters. The molecule has 13 heavy (non-hydrogen) atoms. The zero-order valence-electron chi connectivity index (χ0n) is 8.10. The summed E-state index contributed by atoms with van der Waals surface area (Å²) in [4.78, 5) is 11.1. The van der Waals surface area contributed by atoms with Crippen molar-refractivity contribution in [3.63, 3.8) is 0 Å².